The summed E-state index contributed by atoms with van der Waals surface area (Å²) in [6.45, 7) is 1.20. The number of para-hydroxylation sites is 1. The van der Waals surface area contributed by atoms with Crippen molar-refractivity contribution in [3.63, 3.8) is 0 Å². The Morgan fingerprint density at radius 2 is 2.04 bits per heavy atom. The van der Waals surface area contributed by atoms with Crippen molar-refractivity contribution < 1.29 is 19.1 Å². The van der Waals surface area contributed by atoms with Gasteiger partial charge in [-0.3, -0.25) is 9.59 Å². The van der Waals surface area contributed by atoms with Gasteiger partial charge in [-0.15, -0.1) is 0 Å². The second kappa shape index (κ2) is 8.20. The topological polar surface area (TPSA) is 76.7 Å². The van der Waals surface area contributed by atoms with Crippen LogP contribution in [0, 0.1) is 0 Å². The molecule has 0 saturated carbocycles. The molecule has 1 saturated heterocycles. The maximum absolute atomic E-state index is 12.7. The normalized spacial score (nSPS) is 20.3. The van der Waals surface area contributed by atoms with E-state index >= 15 is 0 Å². The van der Waals surface area contributed by atoms with E-state index in [4.69, 9.17) is 21.1 Å². The molecular weight excluding hydrogens is 380 g/mol. The Hall–Kier alpha value is -2.57. The number of nitrogens with one attached hydrogen (secondary N) is 2. The Morgan fingerprint density at radius 3 is 2.86 bits per heavy atom. The van der Waals surface area contributed by atoms with Gasteiger partial charge in [-0.05, 0) is 48.7 Å². The number of carbonyl (C=O) groups excluding carboxylic acids is 2. The molecule has 2 aliphatic heterocycles. The van der Waals surface area contributed by atoms with E-state index in [-0.39, 0.29) is 17.9 Å². The van der Waals surface area contributed by atoms with Crippen LogP contribution in [0.3, 0.4) is 0 Å². The van der Waals surface area contributed by atoms with E-state index in [0.29, 0.717) is 35.0 Å². The molecule has 2 aromatic rings. The van der Waals surface area contributed by atoms with Gasteiger partial charge in [-0.25, -0.2) is 0 Å². The Morgan fingerprint density at radius 1 is 1.18 bits per heavy atom. The largest absolute Gasteiger partial charge is 0.480 e. The molecule has 28 heavy (non-hydrogen) atoms. The number of amides is 2. The monoisotopic (exact) mass is 400 g/mol. The molecule has 2 aliphatic rings. The van der Waals surface area contributed by atoms with Crippen molar-refractivity contribution in [1.29, 1.82) is 0 Å². The summed E-state index contributed by atoms with van der Waals surface area (Å²) in [5.41, 5.74) is 1.76. The minimum absolute atomic E-state index is 0.0583. The Kier molecular flexibility index (Phi) is 5.50. The summed E-state index contributed by atoms with van der Waals surface area (Å²) in [6, 6.07) is 12.2. The Labute approximate surface area is 168 Å². The summed E-state index contributed by atoms with van der Waals surface area (Å²) in [7, 11) is 0. The van der Waals surface area contributed by atoms with Gasteiger partial charge in [0.05, 0.1) is 17.4 Å². The molecule has 6 nitrogen and oxygen atoms in total. The SMILES string of the molecule is O=C(NCC1CCCO1)c1ccccc1NC(=O)C1Cc2cc(Cl)ccc2O1. The van der Waals surface area contributed by atoms with Gasteiger partial charge < -0.3 is 20.1 Å². The highest BCUT2D eigenvalue weighted by molar-refractivity contribution is 6.30. The number of anilines is 1. The van der Waals surface area contributed by atoms with Crippen LogP contribution < -0.4 is 15.4 Å². The van der Waals surface area contributed by atoms with Crippen molar-refractivity contribution in [2.75, 3.05) is 18.5 Å². The van der Waals surface area contributed by atoms with Crippen LogP contribution in [0.1, 0.15) is 28.8 Å². The van der Waals surface area contributed by atoms with Gasteiger partial charge in [0.2, 0.25) is 0 Å². The molecule has 4 rings (SSSR count). The zero-order valence-corrected chi connectivity index (χ0v) is 16.0. The maximum atomic E-state index is 12.7. The molecule has 2 amide bonds. The van der Waals surface area contributed by atoms with Gasteiger partial charge in [-0.1, -0.05) is 23.7 Å². The fourth-order valence-electron chi connectivity index (χ4n) is 3.47. The van der Waals surface area contributed by atoms with Crippen molar-refractivity contribution in [3.05, 3.63) is 58.6 Å². The average Bonchev–Trinajstić information content (AvgIpc) is 3.35. The second-order valence-electron chi connectivity index (χ2n) is 6.94. The van der Waals surface area contributed by atoms with Gasteiger partial charge in [0.25, 0.3) is 11.8 Å². The lowest BCUT2D eigenvalue weighted by molar-refractivity contribution is -0.122. The van der Waals surface area contributed by atoms with Crippen LogP contribution in [-0.4, -0.2) is 37.2 Å². The second-order valence-corrected chi connectivity index (χ2v) is 7.38. The van der Waals surface area contributed by atoms with Crippen molar-refractivity contribution in [2.24, 2.45) is 0 Å². The van der Waals surface area contributed by atoms with Gasteiger partial charge in [-0.2, -0.15) is 0 Å². The zero-order chi connectivity index (χ0) is 19.5. The van der Waals surface area contributed by atoms with Crippen LogP contribution in [0.4, 0.5) is 5.69 Å². The molecule has 2 N–H and O–H groups in total. The Balaban J connectivity index is 1.41. The first-order valence-corrected chi connectivity index (χ1v) is 9.73. The van der Waals surface area contributed by atoms with Crippen LogP contribution in [0.15, 0.2) is 42.5 Å². The molecule has 7 heteroatoms. The van der Waals surface area contributed by atoms with E-state index in [9.17, 15) is 9.59 Å². The van der Waals surface area contributed by atoms with E-state index < -0.39 is 6.10 Å². The van der Waals surface area contributed by atoms with E-state index in [2.05, 4.69) is 10.6 Å². The zero-order valence-electron chi connectivity index (χ0n) is 15.2. The fourth-order valence-corrected chi connectivity index (χ4v) is 3.67. The third-order valence-corrected chi connectivity index (χ3v) is 5.17. The molecule has 0 bridgehead atoms. The lowest BCUT2D eigenvalue weighted by Crippen LogP contribution is -2.34. The molecule has 146 valence electrons. The predicted molar refractivity (Wildman–Crippen MR) is 106 cm³/mol. The summed E-state index contributed by atoms with van der Waals surface area (Å²) >= 11 is 6.00. The fraction of sp³-hybridized carbons (Fsp3) is 0.333. The first-order valence-electron chi connectivity index (χ1n) is 9.35. The quantitative estimate of drug-likeness (QED) is 0.808. The smallest absolute Gasteiger partial charge is 0.265 e. The van der Waals surface area contributed by atoms with E-state index in [1.165, 1.54) is 0 Å². The molecule has 2 aromatic carbocycles. The first-order chi connectivity index (χ1) is 13.6. The predicted octanol–water partition coefficient (Wildman–Crippen LogP) is 3.19. The summed E-state index contributed by atoms with van der Waals surface area (Å²) in [6.07, 6.45) is 1.80. The van der Waals surface area contributed by atoms with E-state index in [1.54, 1.807) is 42.5 Å². The minimum Gasteiger partial charge on any atom is -0.480 e. The molecule has 0 spiro atoms. The number of ether oxygens (including phenoxy) is 2. The average molecular weight is 401 g/mol. The standard InChI is InChI=1S/C21H21ClN2O4/c22-14-7-8-18-13(10-14)11-19(28-18)21(26)24-17-6-2-1-5-16(17)20(25)23-12-15-4-3-9-27-15/h1-2,5-8,10,15,19H,3-4,9,11-12H2,(H,23,25)(H,24,26). The lowest BCUT2D eigenvalue weighted by Gasteiger charge is -2.15. The maximum Gasteiger partial charge on any atom is 0.265 e. The van der Waals surface area contributed by atoms with E-state index in [1.807, 2.05) is 0 Å². The number of hydrogen-bond donors (Lipinski definition) is 2. The molecule has 1 fully saturated rings. The van der Waals surface area contributed by atoms with Gasteiger partial charge in [0.1, 0.15) is 5.75 Å². The minimum atomic E-state index is -0.656. The van der Waals surface area contributed by atoms with Crippen LogP contribution >= 0.6 is 11.6 Å². The van der Waals surface area contributed by atoms with Crippen molar-refractivity contribution >= 4 is 29.1 Å². The lowest BCUT2D eigenvalue weighted by atomic mass is 10.1. The van der Waals surface area contributed by atoms with Crippen LogP contribution in [-0.2, 0) is 16.0 Å². The van der Waals surface area contributed by atoms with Crippen molar-refractivity contribution in [2.45, 2.75) is 31.5 Å². The van der Waals surface area contributed by atoms with Crippen LogP contribution in [0.5, 0.6) is 5.75 Å². The number of fused-ring (bicyclic) bond motifs is 1. The summed E-state index contributed by atoms with van der Waals surface area (Å²) in [5.74, 6) is 0.118. The van der Waals surface area contributed by atoms with Crippen molar-refractivity contribution in [3.8, 4) is 5.75 Å². The van der Waals surface area contributed by atoms with Gasteiger partial charge in [0, 0.05) is 24.6 Å². The highest BCUT2D eigenvalue weighted by atomic mass is 35.5. The number of carbonyl (C=O) groups is 2. The summed E-state index contributed by atoms with van der Waals surface area (Å²) in [5, 5.41) is 6.31. The third kappa shape index (κ3) is 4.13. The molecular formula is C21H21ClN2O4. The molecule has 2 atom stereocenters. The van der Waals surface area contributed by atoms with Crippen LogP contribution in [0.2, 0.25) is 5.02 Å². The molecule has 0 aromatic heterocycles. The number of rotatable bonds is 5. The number of halogens is 1. The molecule has 0 aliphatic carbocycles. The summed E-state index contributed by atoms with van der Waals surface area (Å²) < 4.78 is 11.3. The number of benzene rings is 2. The van der Waals surface area contributed by atoms with Gasteiger partial charge >= 0.3 is 0 Å². The third-order valence-electron chi connectivity index (χ3n) is 4.93. The van der Waals surface area contributed by atoms with Crippen LogP contribution in [0.25, 0.3) is 0 Å². The first kappa shape index (κ1) is 18.8. The molecule has 2 heterocycles. The molecule has 0 radical (unpaired) electrons. The molecule has 2 unspecified atom stereocenters. The van der Waals surface area contributed by atoms with Crippen molar-refractivity contribution in [1.82, 2.24) is 5.32 Å². The Bertz CT molecular complexity index is 896. The van der Waals surface area contributed by atoms with E-state index in [0.717, 1.165) is 25.0 Å². The number of hydrogen-bond acceptors (Lipinski definition) is 4. The van der Waals surface area contributed by atoms with Gasteiger partial charge in [0.15, 0.2) is 6.10 Å². The summed E-state index contributed by atoms with van der Waals surface area (Å²) in [4.78, 5) is 25.3. The highest BCUT2D eigenvalue weighted by Crippen LogP contribution is 2.31. The highest BCUT2D eigenvalue weighted by Gasteiger charge is 2.30.